The van der Waals surface area contributed by atoms with E-state index in [1.807, 2.05) is 39.0 Å². The van der Waals surface area contributed by atoms with E-state index in [1.54, 1.807) is 30.1 Å². The van der Waals surface area contributed by atoms with E-state index >= 15 is 0 Å². The molecule has 0 saturated heterocycles. The average Bonchev–Trinajstić information content (AvgIpc) is 2.80. The first-order valence-corrected chi connectivity index (χ1v) is 8.81. The Hall–Kier alpha value is -3.42. The predicted molar refractivity (Wildman–Crippen MR) is 105 cm³/mol. The van der Waals surface area contributed by atoms with Crippen molar-refractivity contribution in [3.05, 3.63) is 42.1 Å². The van der Waals surface area contributed by atoms with Crippen molar-refractivity contribution in [1.29, 1.82) is 0 Å². The van der Waals surface area contributed by atoms with E-state index in [4.69, 9.17) is 4.74 Å². The number of fused-ring (bicyclic) bond motifs is 1. The van der Waals surface area contributed by atoms with Crippen LogP contribution in [0.25, 0.3) is 17.0 Å². The lowest BCUT2D eigenvalue weighted by Crippen LogP contribution is -2.38. The van der Waals surface area contributed by atoms with Crippen molar-refractivity contribution < 1.29 is 19.1 Å². The second kappa shape index (κ2) is 7.30. The Labute approximate surface area is 162 Å². The normalized spacial score (nSPS) is 15.2. The number of carbonyl (C=O) groups excluding carboxylic acids is 3. The number of nitrogens with zero attached hydrogens (tertiary/aromatic N) is 3. The summed E-state index contributed by atoms with van der Waals surface area (Å²) >= 11 is 0. The van der Waals surface area contributed by atoms with Crippen molar-refractivity contribution in [2.75, 3.05) is 4.90 Å². The van der Waals surface area contributed by atoms with Gasteiger partial charge in [0.25, 0.3) is 0 Å². The van der Waals surface area contributed by atoms with Crippen molar-refractivity contribution >= 4 is 40.7 Å². The topological polar surface area (TPSA) is 93.5 Å². The van der Waals surface area contributed by atoms with E-state index in [1.165, 1.54) is 11.0 Å². The summed E-state index contributed by atoms with van der Waals surface area (Å²) < 4.78 is 6.90. The van der Waals surface area contributed by atoms with Crippen LogP contribution in [0.4, 0.5) is 10.6 Å². The Bertz CT molecular complexity index is 1010. The summed E-state index contributed by atoms with van der Waals surface area (Å²) in [4.78, 5) is 36.9. The standard InChI is InChI=1S/C20H22N4O4/c1-20(2,3)28-17(26)10-8-13-7-9-14-15(12-13)23(4)22-18(14)24-11-5-6-16(25)21-19(24)27/h5,7-12H,6H2,1-4H3,(H,21,25,27)/b10-8+. The van der Waals surface area contributed by atoms with Gasteiger partial charge in [0.2, 0.25) is 5.91 Å². The lowest BCUT2D eigenvalue weighted by molar-refractivity contribution is -0.148. The molecule has 1 aromatic carbocycles. The number of hydrogen-bond donors (Lipinski definition) is 1. The van der Waals surface area contributed by atoms with Gasteiger partial charge in [0.05, 0.1) is 5.52 Å². The summed E-state index contributed by atoms with van der Waals surface area (Å²) in [5, 5.41) is 7.46. The number of esters is 1. The molecule has 28 heavy (non-hydrogen) atoms. The predicted octanol–water partition coefficient (Wildman–Crippen LogP) is 2.89. The van der Waals surface area contributed by atoms with Crippen molar-refractivity contribution in [2.45, 2.75) is 32.8 Å². The highest BCUT2D eigenvalue weighted by Gasteiger charge is 2.23. The number of nitrogens with one attached hydrogen (secondary N) is 1. The summed E-state index contributed by atoms with van der Waals surface area (Å²) in [5.74, 6) is -0.364. The third kappa shape index (κ3) is 4.28. The lowest BCUT2D eigenvalue weighted by Gasteiger charge is -2.17. The number of aromatic nitrogens is 2. The molecule has 3 rings (SSSR count). The third-order valence-corrected chi connectivity index (χ3v) is 3.93. The summed E-state index contributed by atoms with van der Waals surface area (Å²) in [7, 11) is 1.76. The van der Waals surface area contributed by atoms with E-state index in [2.05, 4.69) is 10.4 Å². The molecule has 0 spiro atoms. The van der Waals surface area contributed by atoms with Crippen LogP contribution < -0.4 is 10.2 Å². The van der Waals surface area contributed by atoms with E-state index in [9.17, 15) is 14.4 Å². The average molecular weight is 382 g/mol. The third-order valence-electron chi connectivity index (χ3n) is 3.93. The van der Waals surface area contributed by atoms with Crippen LogP contribution in [-0.4, -0.2) is 33.3 Å². The number of benzene rings is 1. The first-order chi connectivity index (χ1) is 13.1. The quantitative estimate of drug-likeness (QED) is 0.651. The van der Waals surface area contributed by atoms with E-state index in [0.29, 0.717) is 5.82 Å². The fraction of sp³-hybridized carbons (Fsp3) is 0.300. The summed E-state index contributed by atoms with van der Waals surface area (Å²) in [6, 6.07) is 4.95. The molecule has 1 aromatic heterocycles. The maximum absolute atomic E-state index is 12.3. The lowest BCUT2D eigenvalue weighted by atomic mass is 10.1. The maximum Gasteiger partial charge on any atom is 0.333 e. The van der Waals surface area contributed by atoms with Crippen LogP contribution in [0.1, 0.15) is 32.8 Å². The fourth-order valence-electron chi connectivity index (χ4n) is 2.77. The van der Waals surface area contributed by atoms with Gasteiger partial charge in [-0.1, -0.05) is 12.1 Å². The highest BCUT2D eigenvalue weighted by atomic mass is 16.6. The molecule has 146 valence electrons. The Morgan fingerprint density at radius 1 is 1.29 bits per heavy atom. The second-order valence-corrected chi connectivity index (χ2v) is 7.40. The first-order valence-electron chi connectivity index (χ1n) is 8.81. The molecule has 2 aromatic rings. The monoisotopic (exact) mass is 382 g/mol. The molecule has 1 aliphatic rings. The molecule has 8 heteroatoms. The van der Waals surface area contributed by atoms with Crippen molar-refractivity contribution in [3.63, 3.8) is 0 Å². The number of hydrogen-bond acceptors (Lipinski definition) is 5. The maximum atomic E-state index is 12.3. The van der Waals surface area contributed by atoms with E-state index in [0.717, 1.165) is 16.5 Å². The van der Waals surface area contributed by atoms with Gasteiger partial charge in [0.15, 0.2) is 5.82 Å². The zero-order valence-corrected chi connectivity index (χ0v) is 16.2. The molecule has 0 fully saturated rings. The smallest absolute Gasteiger partial charge is 0.333 e. The molecule has 0 saturated carbocycles. The Kier molecular flexibility index (Phi) is 5.04. The molecule has 0 aliphatic carbocycles. The fourth-order valence-corrected chi connectivity index (χ4v) is 2.77. The number of aryl methyl sites for hydroxylation is 1. The van der Waals surface area contributed by atoms with Gasteiger partial charge >= 0.3 is 12.0 Å². The van der Waals surface area contributed by atoms with Crippen molar-refractivity contribution in [3.8, 4) is 0 Å². The Morgan fingerprint density at radius 3 is 2.75 bits per heavy atom. The number of ether oxygens (including phenoxy) is 1. The number of urea groups is 1. The molecular formula is C20H22N4O4. The molecule has 3 amide bonds. The zero-order chi connectivity index (χ0) is 20.5. The summed E-state index contributed by atoms with van der Waals surface area (Å²) in [6.45, 7) is 5.43. The van der Waals surface area contributed by atoms with E-state index in [-0.39, 0.29) is 12.3 Å². The molecule has 0 radical (unpaired) electrons. The molecule has 0 bridgehead atoms. The van der Waals surface area contributed by atoms with Crippen LogP contribution in [0.2, 0.25) is 0 Å². The van der Waals surface area contributed by atoms with Gasteiger partial charge in [0, 0.05) is 31.1 Å². The van der Waals surface area contributed by atoms with Gasteiger partial charge in [0.1, 0.15) is 5.60 Å². The van der Waals surface area contributed by atoms with Gasteiger partial charge < -0.3 is 4.74 Å². The molecule has 1 aliphatic heterocycles. The molecule has 2 heterocycles. The van der Waals surface area contributed by atoms with Crippen LogP contribution >= 0.6 is 0 Å². The van der Waals surface area contributed by atoms with Crippen molar-refractivity contribution in [1.82, 2.24) is 15.1 Å². The van der Waals surface area contributed by atoms with E-state index < -0.39 is 17.6 Å². The zero-order valence-electron chi connectivity index (χ0n) is 16.2. The Balaban J connectivity index is 1.90. The van der Waals surface area contributed by atoms with Gasteiger partial charge in [-0.05, 0) is 44.5 Å². The van der Waals surface area contributed by atoms with Gasteiger partial charge in [-0.25, -0.2) is 9.59 Å². The van der Waals surface area contributed by atoms with Gasteiger partial charge in [-0.2, -0.15) is 5.10 Å². The van der Waals surface area contributed by atoms with Gasteiger partial charge in [-0.3, -0.25) is 19.7 Å². The number of imide groups is 1. The molecular weight excluding hydrogens is 360 g/mol. The van der Waals surface area contributed by atoms with Gasteiger partial charge in [-0.15, -0.1) is 0 Å². The molecule has 0 unspecified atom stereocenters. The number of amides is 3. The Morgan fingerprint density at radius 2 is 2.04 bits per heavy atom. The second-order valence-electron chi connectivity index (χ2n) is 7.40. The summed E-state index contributed by atoms with van der Waals surface area (Å²) in [6.07, 6.45) is 6.32. The van der Waals surface area contributed by atoms with Crippen LogP contribution in [0.5, 0.6) is 0 Å². The minimum absolute atomic E-state index is 0.132. The highest BCUT2D eigenvalue weighted by Crippen LogP contribution is 2.28. The van der Waals surface area contributed by atoms with Crippen LogP contribution in [0, 0.1) is 0 Å². The van der Waals surface area contributed by atoms with Crippen molar-refractivity contribution in [2.24, 2.45) is 7.05 Å². The highest BCUT2D eigenvalue weighted by molar-refractivity contribution is 6.08. The number of anilines is 1. The molecule has 0 atom stereocenters. The minimum atomic E-state index is -0.551. The van der Waals surface area contributed by atoms with Crippen LogP contribution in [0.3, 0.4) is 0 Å². The van der Waals surface area contributed by atoms with Crippen LogP contribution in [-0.2, 0) is 21.4 Å². The minimum Gasteiger partial charge on any atom is -0.457 e. The largest absolute Gasteiger partial charge is 0.457 e. The summed E-state index contributed by atoms with van der Waals surface area (Å²) in [5.41, 5.74) is 1.02. The molecule has 8 nitrogen and oxygen atoms in total. The number of carbonyl (C=O) groups is 3. The first kappa shape index (κ1) is 19.3. The molecule has 1 N–H and O–H groups in total. The number of rotatable bonds is 3. The SMILES string of the molecule is Cn1nc(N2C=CCC(=O)NC2=O)c2ccc(/C=C/C(=O)OC(C)(C)C)cc21. The van der Waals surface area contributed by atoms with Crippen LogP contribution in [0.15, 0.2) is 36.6 Å².